The van der Waals surface area contributed by atoms with Gasteiger partial charge in [-0.05, 0) is 23.8 Å². The van der Waals surface area contributed by atoms with E-state index in [4.69, 9.17) is 11.6 Å². The van der Waals surface area contributed by atoms with E-state index in [1.165, 1.54) is 10.7 Å². The number of para-hydroxylation sites is 2. The highest BCUT2D eigenvalue weighted by Crippen LogP contribution is 2.25. The molecule has 104 valence electrons. The van der Waals surface area contributed by atoms with Crippen LogP contribution < -0.4 is 0 Å². The van der Waals surface area contributed by atoms with Crippen molar-refractivity contribution < 1.29 is 4.92 Å². The molecule has 0 atom stereocenters. The minimum atomic E-state index is -0.418. The molecule has 0 radical (unpaired) electrons. The van der Waals surface area contributed by atoms with Crippen molar-refractivity contribution in [2.45, 2.75) is 0 Å². The Morgan fingerprint density at radius 3 is 2.48 bits per heavy atom. The number of hydrogen-bond donors (Lipinski definition) is 0. The molecular weight excluding hydrogens is 290 g/mol. The number of rotatable bonds is 3. The van der Waals surface area contributed by atoms with E-state index in [-0.39, 0.29) is 5.69 Å². The number of benzene rings is 2. The zero-order valence-corrected chi connectivity index (χ0v) is 11.6. The molecule has 0 aliphatic carbocycles. The molecule has 0 N–H and O–H groups in total. The highest BCUT2D eigenvalue weighted by Gasteiger charge is 2.15. The molecule has 5 nitrogen and oxygen atoms in total. The highest BCUT2D eigenvalue weighted by atomic mass is 35.5. The van der Waals surface area contributed by atoms with E-state index < -0.39 is 4.92 Å². The van der Waals surface area contributed by atoms with Gasteiger partial charge in [-0.25, -0.2) is 4.68 Å². The lowest BCUT2D eigenvalue weighted by molar-refractivity contribution is -0.384. The molecule has 0 fully saturated rings. The topological polar surface area (TPSA) is 61.0 Å². The van der Waals surface area contributed by atoms with Crippen molar-refractivity contribution >= 4 is 17.3 Å². The van der Waals surface area contributed by atoms with Crippen molar-refractivity contribution in [3.63, 3.8) is 0 Å². The monoisotopic (exact) mass is 299 g/mol. The van der Waals surface area contributed by atoms with Gasteiger partial charge in [-0.3, -0.25) is 10.1 Å². The molecule has 0 saturated heterocycles. The van der Waals surface area contributed by atoms with Crippen LogP contribution in [0.5, 0.6) is 0 Å². The Morgan fingerprint density at radius 1 is 1.05 bits per heavy atom. The summed E-state index contributed by atoms with van der Waals surface area (Å²) in [5.74, 6) is 0. The number of halogens is 1. The zero-order chi connectivity index (χ0) is 14.8. The molecule has 0 spiro atoms. The smallest absolute Gasteiger partial charge is 0.258 e. The van der Waals surface area contributed by atoms with E-state index in [1.54, 1.807) is 42.7 Å². The van der Waals surface area contributed by atoms with Crippen LogP contribution in [0.15, 0.2) is 60.9 Å². The Hall–Kier alpha value is -2.66. The van der Waals surface area contributed by atoms with Crippen molar-refractivity contribution in [1.29, 1.82) is 0 Å². The van der Waals surface area contributed by atoms with Gasteiger partial charge in [0.15, 0.2) is 0 Å². The maximum atomic E-state index is 11.1. The van der Waals surface area contributed by atoms with Crippen molar-refractivity contribution in [3.05, 3.63) is 76.1 Å². The molecule has 6 heteroatoms. The summed E-state index contributed by atoms with van der Waals surface area (Å²) in [6.07, 6.45) is 3.42. The minimum absolute atomic E-state index is 0.0169. The number of nitro groups is 1. The van der Waals surface area contributed by atoms with Crippen LogP contribution in [-0.2, 0) is 0 Å². The minimum Gasteiger partial charge on any atom is -0.258 e. The maximum Gasteiger partial charge on any atom is 0.294 e. The van der Waals surface area contributed by atoms with Gasteiger partial charge in [-0.15, -0.1) is 0 Å². The van der Waals surface area contributed by atoms with Crippen molar-refractivity contribution in [1.82, 2.24) is 9.78 Å². The van der Waals surface area contributed by atoms with E-state index in [9.17, 15) is 10.1 Å². The zero-order valence-electron chi connectivity index (χ0n) is 10.8. The van der Waals surface area contributed by atoms with Crippen LogP contribution in [0.25, 0.3) is 16.8 Å². The summed E-state index contributed by atoms with van der Waals surface area (Å²) in [6.45, 7) is 0. The molecule has 1 aromatic heterocycles. The first kappa shape index (κ1) is 13.3. The Labute approximate surface area is 125 Å². The lowest BCUT2D eigenvalue weighted by Gasteiger charge is -2.02. The Bertz CT molecular complexity index is 797. The summed E-state index contributed by atoms with van der Waals surface area (Å²) in [7, 11) is 0. The predicted molar refractivity (Wildman–Crippen MR) is 80.7 cm³/mol. The molecule has 3 aromatic rings. The third-order valence-corrected chi connectivity index (χ3v) is 3.34. The van der Waals surface area contributed by atoms with E-state index in [1.807, 2.05) is 12.1 Å². The molecule has 3 rings (SSSR count). The van der Waals surface area contributed by atoms with Gasteiger partial charge in [0.05, 0.1) is 11.1 Å². The van der Waals surface area contributed by atoms with Gasteiger partial charge in [-0.2, -0.15) is 5.10 Å². The van der Waals surface area contributed by atoms with Gasteiger partial charge < -0.3 is 0 Å². The fourth-order valence-electron chi connectivity index (χ4n) is 2.06. The maximum absolute atomic E-state index is 11.1. The molecule has 0 amide bonds. The molecule has 0 aliphatic heterocycles. The largest absolute Gasteiger partial charge is 0.294 e. The summed E-state index contributed by atoms with van der Waals surface area (Å²) in [5.41, 5.74) is 2.26. The Kier molecular flexibility index (Phi) is 3.41. The lowest BCUT2D eigenvalue weighted by atomic mass is 10.1. The fourth-order valence-corrected chi connectivity index (χ4v) is 2.18. The van der Waals surface area contributed by atoms with Crippen LogP contribution in [0.3, 0.4) is 0 Å². The van der Waals surface area contributed by atoms with E-state index >= 15 is 0 Å². The van der Waals surface area contributed by atoms with Gasteiger partial charge in [-0.1, -0.05) is 35.9 Å². The number of hydrogen-bond acceptors (Lipinski definition) is 3. The average molecular weight is 300 g/mol. The summed E-state index contributed by atoms with van der Waals surface area (Å²) in [4.78, 5) is 10.6. The van der Waals surface area contributed by atoms with E-state index in [0.717, 1.165) is 11.1 Å². The number of aromatic nitrogens is 2. The van der Waals surface area contributed by atoms with Crippen molar-refractivity contribution in [2.24, 2.45) is 0 Å². The number of nitro benzene ring substituents is 1. The summed E-state index contributed by atoms with van der Waals surface area (Å²) in [5, 5.41) is 15.9. The van der Waals surface area contributed by atoms with Crippen LogP contribution in [0.1, 0.15) is 0 Å². The number of nitrogens with zero attached hydrogens (tertiary/aromatic N) is 3. The second-order valence-electron chi connectivity index (χ2n) is 4.43. The molecule has 0 aliphatic rings. The first-order chi connectivity index (χ1) is 10.1. The first-order valence-electron chi connectivity index (χ1n) is 6.19. The lowest BCUT2D eigenvalue weighted by Crippen LogP contribution is -1.99. The summed E-state index contributed by atoms with van der Waals surface area (Å²) < 4.78 is 1.50. The molecule has 21 heavy (non-hydrogen) atoms. The third kappa shape index (κ3) is 2.64. The second kappa shape index (κ2) is 5.38. The SMILES string of the molecule is O=[N+]([O-])c1ccccc1-n1cc(-c2ccc(Cl)cc2)cn1. The van der Waals surface area contributed by atoms with Crippen LogP contribution in [0.4, 0.5) is 5.69 Å². The summed E-state index contributed by atoms with van der Waals surface area (Å²) >= 11 is 5.86. The van der Waals surface area contributed by atoms with Crippen LogP contribution in [0.2, 0.25) is 5.02 Å². The molecule has 1 heterocycles. The third-order valence-electron chi connectivity index (χ3n) is 3.09. The van der Waals surface area contributed by atoms with Crippen LogP contribution in [-0.4, -0.2) is 14.7 Å². The van der Waals surface area contributed by atoms with Crippen LogP contribution in [0, 0.1) is 10.1 Å². The van der Waals surface area contributed by atoms with E-state index in [2.05, 4.69) is 5.10 Å². The van der Waals surface area contributed by atoms with E-state index in [0.29, 0.717) is 10.7 Å². The Balaban J connectivity index is 2.03. The molecule has 0 saturated carbocycles. The van der Waals surface area contributed by atoms with Crippen LogP contribution >= 0.6 is 11.6 Å². The molecule has 0 unspecified atom stereocenters. The fraction of sp³-hybridized carbons (Fsp3) is 0. The van der Waals surface area contributed by atoms with Gasteiger partial charge in [0, 0.05) is 22.8 Å². The molecule has 0 bridgehead atoms. The van der Waals surface area contributed by atoms with Gasteiger partial charge >= 0.3 is 0 Å². The molecule has 2 aromatic carbocycles. The van der Waals surface area contributed by atoms with Gasteiger partial charge in [0.1, 0.15) is 5.69 Å². The average Bonchev–Trinajstić information content (AvgIpc) is 2.97. The van der Waals surface area contributed by atoms with Crippen molar-refractivity contribution in [3.8, 4) is 16.8 Å². The van der Waals surface area contributed by atoms with Crippen molar-refractivity contribution in [2.75, 3.05) is 0 Å². The standard InChI is InChI=1S/C15H10ClN3O2/c16-13-7-5-11(6-8-13)12-9-17-18(10-12)14-3-1-2-4-15(14)19(20)21/h1-10H. The highest BCUT2D eigenvalue weighted by molar-refractivity contribution is 6.30. The normalized spacial score (nSPS) is 10.5. The van der Waals surface area contributed by atoms with Gasteiger partial charge in [0.25, 0.3) is 5.69 Å². The predicted octanol–water partition coefficient (Wildman–Crippen LogP) is 4.10. The van der Waals surface area contributed by atoms with Gasteiger partial charge in [0.2, 0.25) is 0 Å². The molecular formula is C15H10ClN3O2. The Morgan fingerprint density at radius 2 is 1.76 bits per heavy atom. The quantitative estimate of drug-likeness (QED) is 0.540. The second-order valence-corrected chi connectivity index (χ2v) is 4.86. The first-order valence-corrected chi connectivity index (χ1v) is 6.57. The summed E-state index contributed by atoms with van der Waals surface area (Å²) in [6, 6.07) is 13.8.